The van der Waals surface area contributed by atoms with Crippen LogP contribution in [0.3, 0.4) is 0 Å². The van der Waals surface area contributed by atoms with Gasteiger partial charge in [-0.1, -0.05) is 6.07 Å². The van der Waals surface area contributed by atoms with E-state index in [1.54, 1.807) is 18.2 Å². The van der Waals surface area contributed by atoms with Gasteiger partial charge in [-0.2, -0.15) is 0 Å². The molecule has 2 heterocycles. The van der Waals surface area contributed by atoms with Crippen molar-refractivity contribution >= 4 is 21.4 Å². The van der Waals surface area contributed by atoms with E-state index in [1.165, 1.54) is 19.1 Å². The molecule has 2 bridgehead atoms. The van der Waals surface area contributed by atoms with E-state index >= 15 is 0 Å². The standard InChI is InChI=1S/C18H26N2O4S/c1-25(22,23)8-7-24-17-4-2-3-14(12-17)20-18(21)11-13-9-15-5-6-16(10-13)19-15/h2-4,12-13,15-16,19H,5-11H2,1H3,(H,20,21). The fraction of sp³-hybridized carbons (Fsp3) is 0.611. The number of benzene rings is 1. The lowest BCUT2D eigenvalue weighted by Gasteiger charge is -2.28. The Morgan fingerprint density at radius 1 is 1.28 bits per heavy atom. The van der Waals surface area contributed by atoms with Crippen molar-refractivity contribution in [3.63, 3.8) is 0 Å². The third-order valence-corrected chi connectivity index (χ3v) is 5.79. The molecular formula is C18H26N2O4S. The highest BCUT2D eigenvalue weighted by atomic mass is 32.2. The van der Waals surface area contributed by atoms with E-state index < -0.39 is 9.84 Å². The maximum Gasteiger partial charge on any atom is 0.224 e. The van der Waals surface area contributed by atoms with Crippen molar-refractivity contribution in [1.82, 2.24) is 5.32 Å². The zero-order chi connectivity index (χ0) is 17.9. The van der Waals surface area contributed by atoms with Crippen LogP contribution in [0.25, 0.3) is 0 Å². The Balaban J connectivity index is 1.48. The van der Waals surface area contributed by atoms with Crippen molar-refractivity contribution in [2.75, 3.05) is 23.9 Å². The van der Waals surface area contributed by atoms with Gasteiger partial charge in [-0.15, -0.1) is 0 Å². The molecule has 7 heteroatoms. The molecule has 2 atom stereocenters. The van der Waals surface area contributed by atoms with Crippen LogP contribution < -0.4 is 15.4 Å². The lowest BCUT2D eigenvalue weighted by molar-refractivity contribution is -0.117. The molecule has 2 fully saturated rings. The maximum absolute atomic E-state index is 12.3. The minimum atomic E-state index is -3.04. The number of carbonyl (C=O) groups is 1. The van der Waals surface area contributed by atoms with Gasteiger partial charge in [0.05, 0.1) is 5.75 Å². The van der Waals surface area contributed by atoms with Crippen LogP contribution in [-0.2, 0) is 14.6 Å². The summed E-state index contributed by atoms with van der Waals surface area (Å²) in [5, 5.41) is 6.52. The Labute approximate surface area is 149 Å². The predicted octanol–water partition coefficient (Wildman–Crippen LogP) is 1.97. The van der Waals surface area contributed by atoms with E-state index in [0.717, 1.165) is 12.8 Å². The molecular weight excluding hydrogens is 340 g/mol. The molecule has 0 aromatic heterocycles. The number of carbonyl (C=O) groups excluding carboxylic acids is 1. The topological polar surface area (TPSA) is 84.5 Å². The zero-order valence-corrected chi connectivity index (χ0v) is 15.3. The summed E-state index contributed by atoms with van der Waals surface area (Å²) in [7, 11) is -3.04. The number of amides is 1. The number of piperidine rings is 1. The van der Waals surface area contributed by atoms with Crippen LogP contribution in [0.4, 0.5) is 5.69 Å². The second-order valence-electron chi connectivity index (χ2n) is 7.23. The predicted molar refractivity (Wildman–Crippen MR) is 97.6 cm³/mol. The van der Waals surface area contributed by atoms with Crippen molar-refractivity contribution in [3.05, 3.63) is 24.3 Å². The number of fused-ring (bicyclic) bond motifs is 2. The highest BCUT2D eigenvalue weighted by Crippen LogP contribution is 2.32. The number of hydrogen-bond donors (Lipinski definition) is 2. The zero-order valence-electron chi connectivity index (χ0n) is 14.5. The number of ether oxygens (including phenoxy) is 1. The monoisotopic (exact) mass is 366 g/mol. The Bertz CT molecular complexity index is 708. The minimum absolute atomic E-state index is 0.0262. The van der Waals surface area contributed by atoms with Crippen LogP contribution in [0.1, 0.15) is 32.1 Å². The van der Waals surface area contributed by atoms with Crippen molar-refractivity contribution in [2.45, 2.75) is 44.2 Å². The average molecular weight is 366 g/mol. The van der Waals surface area contributed by atoms with Crippen LogP contribution in [0.2, 0.25) is 0 Å². The van der Waals surface area contributed by atoms with Gasteiger partial charge in [0.1, 0.15) is 12.4 Å². The molecule has 2 N–H and O–H groups in total. The van der Waals surface area contributed by atoms with Gasteiger partial charge in [0, 0.05) is 36.5 Å². The fourth-order valence-corrected chi connectivity index (χ4v) is 4.18. The molecule has 1 aromatic rings. The summed E-state index contributed by atoms with van der Waals surface area (Å²) >= 11 is 0. The molecule has 3 rings (SSSR count). The third kappa shape index (κ3) is 5.71. The van der Waals surface area contributed by atoms with Gasteiger partial charge < -0.3 is 15.4 Å². The molecule has 25 heavy (non-hydrogen) atoms. The number of nitrogens with one attached hydrogen (secondary N) is 2. The van der Waals surface area contributed by atoms with E-state index in [9.17, 15) is 13.2 Å². The SMILES string of the molecule is CS(=O)(=O)CCOc1cccc(NC(=O)CC2CC3CCC(C2)N3)c1. The molecule has 0 saturated carbocycles. The van der Waals surface area contributed by atoms with E-state index in [1.807, 2.05) is 6.07 Å². The first-order chi connectivity index (χ1) is 11.9. The molecule has 138 valence electrons. The molecule has 2 unspecified atom stereocenters. The lowest BCUT2D eigenvalue weighted by Crippen LogP contribution is -2.39. The number of rotatable bonds is 7. The average Bonchev–Trinajstić information content (AvgIpc) is 2.85. The Kier molecular flexibility index (Phi) is 5.64. The molecule has 2 saturated heterocycles. The summed E-state index contributed by atoms with van der Waals surface area (Å²) in [4.78, 5) is 12.3. The summed E-state index contributed by atoms with van der Waals surface area (Å²) in [6.45, 7) is 0.105. The van der Waals surface area contributed by atoms with E-state index in [2.05, 4.69) is 10.6 Å². The fourth-order valence-electron chi connectivity index (χ4n) is 3.79. The molecule has 2 aliphatic heterocycles. The first-order valence-corrected chi connectivity index (χ1v) is 10.9. The largest absolute Gasteiger partial charge is 0.492 e. The summed E-state index contributed by atoms with van der Waals surface area (Å²) in [6, 6.07) is 8.25. The Hall–Kier alpha value is -1.60. The van der Waals surface area contributed by atoms with Gasteiger partial charge in [-0.05, 0) is 43.7 Å². The van der Waals surface area contributed by atoms with E-state index in [0.29, 0.717) is 35.9 Å². The van der Waals surface area contributed by atoms with Crippen molar-refractivity contribution in [1.29, 1.82) is 0 Å². The Morgan fingerprint density at radius 2 is 2.00 bits per heavy atom. The summed E-state index contributed by atoms with van der Waals surface area (Å²) in [5.41, 5.74) is 0.679. The molecule has 1 aromatic carbocycles. The molecule has 2 aliphatic rings. The second-order valence-corrected chi connectivity index (χ2v) is 9.49. The van der Waals surface area contributed by atoms with Crippen LogP contribution in [0.5, 0.6) is 5.75 Å². The normalized spacial score (nSPS) is 25.6. The Morgan fingerprint density at radius 3 is 2.68 bits per heavy atom. The van der Waals surface area contributed by atoms with Crippen molar-refractivity contribution in [2.24, 2.45) is 5.92 Å². The smallest absolute Gasteiger partial charge is 0.224 e. The number of hydrogen-bond acceptors (Lipinski definition) is 5. The van der Waals surface area contributed by atoms with Crippen LogP contribution in [0.15, 0.2) is 24.3 Å². The number of anilines is 1. The van der Waals surface area contributed by atoms with E-state index in [4.69, 9.17) is 4.74 Å². The van der Waals surface area contributed by atoms with Crippen LogP contribution >= 0.6 is 0 Å². The third-order valence-electron chi connectivity index (χ3n) is 4.89. The van der Waals surface area contributed by atoms with Gasteiger partial charge >= 0.3 is 0 Å². The lowest BCUT2D eigenvalue weighted by atomic mass is 9.89. The first kappa shape index (κ1) is 18.2. The van der Waals surface area contributed by atoms with Gasteiger partial charge in [0.2, 0.25) is 5.91 Å². The highest BCUT2D eigenvalue weighted by Gasteiger charge is 2.34. The summed E-state index contributed by atoms with van der Waals surface area (Å²) in [6.07, 6.45) is 6.36. The summed E-state index contributed by atoms with van der Waals surface area (Å²) < 4.78 is 27.7. The van der Waals surface area contributed by atoms with Gasteiger partial charge in [-0.3, -0.25) is 4.79 Å². The molecule has 0 radical (unpaired) electrons. The maximum atomic E-state index is 12.3. The van der Waals surface area contributed by atoms with Gasteiger partial charge in [0.15, 0.2) is 9.84 Å². The van der Waals surface area contributed by atoms with E-state index in [-0.39, 0.29) is 18.3 Å². The van der Waals surface area contributed by atoms with Gasteiger partial charge in [-0.25, -0.2) is 8.42 Å². The summed E-state index contributed by atoms with van der Waals surface area (Å²) in [5.74, 6) is 1.01. The van der Waals surface area contributed by atoms with Crippen molar-refractivity contribution < 1.29 is 17.9 Å². The second kappa shape index (κ2) is 7.74. The van der Waals surface area contributed by atoms with Crippen molar-refractivity contribution in [3.8, 4) is 5.75 Å². The highest BCUT2D eigenvalue weighted by molar-refractivity contribution is 7.90. The van der Waals surface area contributed by atoms with Crippen LogP contribution in [-0.4, -0.2) is 45.0 Å². The van der Waals surface area contributed by atoms with Crippen LogP contribution in [0, 0.1) is 5.92 Å². The molecule has 6 nitrogen and oxygen atoms in total. The molecule has 0 spiro atoms. The molecule has 1 amide bonds. The van der Waals surface area contributed by atoms with Gasteiger partial charge in [0.25, 0.3) is 0 Å². The minimum Gasteiger partial charge on any atom is -0.492 e. The first-order valence-electron chi connectivity index (χ1n) is 8.84. The quantitative estimate of drug-likeness (QED) is 0.771. The number of sulfone groups is 1. The molecule has 0 aliphatic carbocycles.